The Balaban J connectivity index is 1.54. The molecular formula is C24H24N2O3S. The summed E-state index contributed by atoms with van der Waals surface area (Å²) in [5.74, 6) is -0.814. The highest BCUT2D eigenvalue weighted by Crippen LogP contribution is 2.29. The molecule has 1 aliphatic carbocycles. The number of hydrogen-bond acceptors (Lipinski definition) is 5. The van der Waals surface area contributed by atoms with Crippen molar-refractivity contribution in [1.29, 1.82) is 0 Å². The fourth-order valence-electron chi connectivity index (χ4n) is 3.88. The monoisotopic (exact) mass is 420 g/mol. The SMILES string of the molecule is CSc1cccc(NC(=O)COC(=O)c2c3c(nc4ccccc24)CCCCC3)c1. The Morgan fingerprint density at radius 1 is 1.07 bits per heavy atom. The number of aryl methyl sites for hydroxylation is 1. The van der Waals surface area contributed by atoms with E-state index in [4.69, 9.17) is 9.72 Å². The van der Waals surface area contributed by atoms with Gasteiger partial charge < -0.3 is 10.1 Å². The molecule has 0 unspecified atom stereocenters. The van der Waals surface area contributed by atoms with Gasteiger partial charge in [0.05, 0.1) is 11.1 Å². The van der Waals surface area contributed by atoms with Crippen LogP contribution in [0.15, 0.2) is 53.4 Å². The Kier molecular flexibility index (Phi) is 6.33. The van der Waals surface area contributed by atoms with Crippen molar-refractivity contribution in [3.63, 3.8) is 0 Å². The number of para-hydroxylation sites is 1. The Bertz CT molecular complexity index is 1100. The van der Waals surface area contributed by atoms with Gasteiger partial charge in [-0.15, -0.1) is 11.8 Å². The zero-order valence-corrected chi connectivity index (χ0v) is 17.8. The summed E-state index contributed by atoms with van der Waals surface area (Å²) < 4.78 is 5.45. The second-order valence-electron chi connectivity index (χ2n) is 7.35. The van der Waals surface area contributed by atoms with Gasteiger partial charge in [0.15, 0.2) is 6.61 Å². The number of amides is 1. The number of pyridine rings is 1. The summed E-state index contributed by atoms with van der Waals surface area (Å²) in [5, 5.41) is 3.58. The highest BCUT2D eigenvalue weighted by Gasteiger charge is 2.23. The summed E-state index contributed by atoms with van der Waals surface area (Å²) >= 11 is 1.60. The van der Waals surface area contributed by atoms with Crippen LogP contribution in [0.4, 0.5) is 5.69 Å². The molecule has 1 amide bonds. The van der Waals surface area contributed by atoms with Crippen molar-refractivity contribution in [2.75, 3.05) is 18.2 Å². The summed E-state index contributed by atoms with van der Waals surface area (Å²) in [5.41, 5.74) is 4.00. The number of aromatic nitrogens is 1. The average Bonchev–Trinajstić information content (AvgIpc) is 3.01. The lowest BCUT2D eigenvalue weighted by atomic mass is 9.97. The van der Waals surface area contributed by atoms with Crippen molar-refractivity contribution in [1.82, 2.24) is 4.98 Å². The number of thioether (sulfide) groups is 1. The van der Waals surface area contributed by atoms with Crippen LogP contribution >= 0.6 is 11.8 Å². The zero-order valence-electron chi connectivity index (χ0n) is 16.9. The number of nitrogens with zero attached hydrogens (tertiary/aromatic N) is 1. The van der Waals surface area contributed by atoms with Gasteiger partial charge in [-0.05, 0) is 61.8 Å². The van der Waals surface area contributed by atoms with E-state index in [9.17, 15) is 9.59 Å². The normalized spacial score (nSPS) is 13.4. The first-order valence-electron chi connectivity index (χ1n) is 10.2. The van der Waals surface area contributed by atoms with Crippen LogP contribution in [0.5, 0.6) is 0 Å². The largest absolute Gasteiger partial charge is 0.452 e. The van der Waals surface area contributed by atoms with Crippen molar-refractivity contribution < 1.29 is 14.3 Å². The van der Waals surface area contributed by atoms with Gasteiger partial charge in [-0.2, -0.15) is 0 Å². The zero-order chi connectivity index (χ0) is 20.9. The standard InChI is InChI=1S/C24H24N2O3S/c1-30-17-9-7-8-16(14-17)25-22(27)15-29-24(28)23-18-10-3-2-4-12-20(18)26-21-13-6-5-11-19(21)23/h5-9,11,13-14H,2-4,10,12,15H2,1H3,(H,25,27). The van der Waals surface area contributed by atoms with Crippen molar-refractivity contribution >= 4 is 40.2 Å². The lowest BCUT2D eigenvalue weighted by Crippen LogP contribution is -2.22. The predicted molar refractivity (Wildman–Crippen MR) is 120 cm³/mol. The fourth-order valence-corrected chi connectivity index (χ4v) is 4.34. The first-order chi connectivity index (χ1) is 14.7. The molecular weight excluding hydrogens is 396 g/mol. The number of hydrogen-bond donors (Lipinski definition) is 1. The van der Waals surface area contributed by atoms with E-state index in [0.29, 0.717) is 11.3 Å². The molecule has 2 aromatic carbocycles. The van der Waals surface area contributed by atoms with Crippen LogP contribution in [0.2, 0.25) is 0 Å². The van der Waals surface area contributed by atoms with Crippen LogP contribution < -0.4 is 5.32 Å². The third-order valence-electron chi connectivity index (χ3n) is 5.31. The number of carbonyl (C=O) groups is 2. The van der Waals surface area contributed by atoms with E-state index in [-0.39, 0.29) is 12.5 Å². The minimum absolute atomic E-state index is 0.326. The molecule has 30 heavy (non-hydrogen) atoms. The van der Waals surface area contributed by atoms with Crippen molar-refractivity contribution in [2.45, 2.75) is 37.0 Å². The molecule has 3 aromatic rings. The van der Waals surface area contributed by atoms with Crippen LogP contribution in [-0.4, -0.2) is 29.7 Å². The van der Waals surface area contributed by atoms with Gasteiger partial charge in [-0.25, -0.2) is 4.79 Å². The summed E-state index contributed by atoms with van der Waals surface area (Å²) in [7, 11) is 0. The second-order valence-corrected chi connectivity index (χ2v) is 8.23. The number of ether oxygens (including phenoxy) is 1. The van der Waals surface area contributed by atoms with E-state index in [0.717, 1.165) is 59.2 Å². The first kappa shape index (κ1) is 20.4. The van der Waals surface area contributed by atoms with Gasteiger partial charge in [0.1, 0.15) is 0 Å². The highest BCUT2D eigenvalue weighted by atomic mass is 32.2. The average molecular weight is 421 g/mol. The van der Waals surface area contributed by atoms with Gasteiger partial charge in [-0.3, -0.25) is 9.78 Å². The third-order valence-corrected chi connectivity index (χ3v) is 6.04. The molecule has 0 radical (unpaired) electrons. The van der Waals surface area contributed by atoms with Gasteiger partial charge in [0, 0.05) is 21.7 Å². The van der Waals surface area contributed by atoms with Crippen molar-refractivity contribution in [3.8, 4) is 0 Å². The van der Waals surface area contributed by atoms with E-state index in [2.05, 4.69) is 5.32 Å². The molecule has 1 heterocycles. The number of benzene rings is 2. The summed E-state index contributed by atoms with van der Waals surface area (Å²) in [6.45, 7) is -0.326. The third kappa shape index (κ3) is 4.49. The van der Waals surface area contributed by atoms with Crippen LogP contribution in [0, 0.1) is 0 Å². The lowest BCUT2D eigenvalue weighted by Gasteiger charge is -2.15. The van der Waals surface area contributed by atoms with E-state index in [1.165, 1.54) is 0 Å². The Morgan fingerprint density at radius 3 is 2.77 bits per heavy atom. The van der Waals surface area contributed by atoms with Crippen molar-refractivity contribution in [2.24, 2.45) is 0 Å². The fraction of sp³-hybridized carbons (Fsp3) is 0.292. The molecule has 0 aliphatic heterocycles. The molecule has 0 atom stereocenters. The van der Waals surface area contributed by atoms with Gasteiger partial charge in [0.25, 0.3) is 5.91 Å². The minimum Gasteiger partial charge on any atom is -0.452 e. The van der Waals surface area contributed by atoms with Crippen molar-refractivity contribution in [3.05, 3.63) is 65.4 Å². The van der Waals surface area contributed by atoms with Gasteiger partial charge >= 0.3 is 5.97 Å². The smallest absolute Gasteiger partial charge is 0.339 e. The maximum absolute atomic E-state index is 13.1. The Labute approximate surface area is 180 Å². The topological polar surface area (TPSA) is 68.3 Å². The molecule has 4 rings (SSSR count). The predicted octanol–water partition coefficient (Wildman–Crippen LogP) is 5.02. The summed E-state index contributed by atoms with van der Waals surface area (Å²) in [4.78, 5) is 31.3. The number of fused-ring (bicyclic) bond motifs is 2. The number of carbonyl (C=O) groups excluding carboxylic acids is 2. The molecule has 0 fully saturated rings. The van der Waals surface area contributed by atoms with Crippen LogP contribution in [0.3, 0.4) is 0 Å². The molecule has 1 N–H and O–H groups in total. The van der Waals surface area contributed by atoms with E-state index in [1.807, 2.05) is 54.8 Å². The van der Waals surface area contributed by atoms with Crippen LogP contribution in [0.1, 0.15) is 40.9 Å². The van der Waals surface area contributed by atoms with E-state index < -0.39 is 5.97 Å². The Hall–Kier alpha value is -2.86. The summed E-state index contributed by atoms with van der Waals surface area (Å²) in [6, 6.07) is 15.2. The lowest BCUT2D eigenvalue weighted by molar-refractivity contribution is -0.119. The molecule has 0 saturated heterocycles. The van der Waals surface area contributed by atoms with Gasteiger partial charge in [-0.1, -0.05) is 30.7 Å². The Morgan fingerprint density at radius 2 is 1.90 bits per heavy atom. The first-order valence-corrected chi connectivity index (χ1v) is 11.4. The minimum atomic E-state index is -0.459. The van der Waals surface area contributed by atoms with Crippen LogP contribution in [-0.2, 0) is 22.4 Å². The molecule has 0 bridgehead atoms. The highest BCUT2D eigenvalue weighted by molar-refractivity contribution is 7.98. The molecule has 1 aliphatic rings. The van der Waals surface area contributed by atoms with Gasteiger partial charge in [0.2, 0.25) is 0 Å². The number of anilines is 1. The number of rotatable bonds is 5. The summed E-state index contributed by atoms with van der Waals surface area (Å²) in [6.07, 6.45) is 6.88. The quantitative estimate of drug-likeness (QED) is 0.357. The number of esters is 1. The molecule has 0 saturated carbocycles. The second kappa shape index (κ2) is 9.30. The molecule has 1 aromatic heterocycles. The molecule has 5 nitrogen and oxygen atoms in total. The van der Waals surface area contributed by atoms with Crippen LogP contribution in [0.25, 0.3) is 10.9 Å². The number of nitrogens with one attached hydrogen (secondary N) is 1. The maximum atomic E-state index is 13.1. The molecule has 6 heteroatoms. The van der Waals surface area contributed by atoms with E-state index in [1.54, 1.807) is 11.8 Å². The molecule has 154 valence electrons. The maximum Gasteiger partial charge on any atom is 0.339 e. The van der Waals surface area contributed by atoms with E-state index >= 15 is 0 Å². The molecule has 0 spiro atoms.